The largest absolute Gasteiger partial charge is 0.423 e. The molecule has 1 aromatic carbocycles. The van der Waals surface area contributed by atoms with E-state index in [0.717, 1.165) is 6.20 Å². The summed E-state index contributed by atoms with van der Waals surface area (Å²) in [4.78, 5) is 32.8. The Labute approximate surface area is 106 Å². The van der Waals surface area contributed by atoms with Crippen LogP contribution in [0, 0.1) is 0 Å². The SMILES string of the molecule is O=C(Nc1nc2ccccc2o1)c1c[nH]c(=O)cn1. The minimum atomic E-state index is -0.511. The first-order chi connectivity index (χ1) is 9.22. The lowest BCUT2D eigenvalue weighted by Gasteiger charge is -1.98. The third-order valence-corrected chi connectivity index (χ3v) is 2.42. The number of para-hydroxylation sites is 2. The van der Waals surface area contributed by atoms with Gasteiger partial charge in [-0.1, -0.05) is 12.1 Å². The third kappa shape index (κ3) is 2.21. The second kappa shape index (κ2) is 4.37. The number of hydrogen-bond acceptors (Lipinski definition) is 5. The highest BCUT2D eigenvalue weighted by Crippen LogP contribution is 2.18. The van der Waals surface area contributed by atoms with Gasteiger partial charge in [-0.25, -0.2) is 4.98 Å². The predicted molar refractivity (Wildman–Crippen MR) is 66.8 cm³/mol. The molecule has 3 aromatic rings. The van der Waals surface area contributed by atoms with Gasteiger partial charge < -0.3 is 9.40 Å². The van der Waals surface area contributed by atoms with Gasteiger partial charge in [-0.3, -0.25) is 14.9 Å². The molecule has 1 amide bonds. The molecule has 0 aliphatic carbocycles. The van der Waals surface area contributed by atoms with Gasteiger partial charge in [0, 0.05) is 6.20 Å². The van der Waals surface area contributed by atoms with Crippen molar-refractivity contribution in [2.75, 3.05) is 5.32 Å². The summed E-state index contributed by atoms with van der Waals surface area (Å²) in [7, 11) is 0. The fourth-order valence-corrected chi connectivity index (χ4v) is 1.55. The topological polar surface area (TPSA) is 101 Å². The molecular weight excluding hydrogens is 248 g/mol. The number of amides is 1. The molecule has 0 bridgehead atoms. The molecule has 0 aliphatic heterocycles. The molecule has 0 unspecified atom stereocenters. The van der Waals surface area contributed by atoms with Crippen LogP contribution >= 0.6 is 0 Å². The number of carbonyl (C=O) groups excluding carboxylic acids is 1. The van der Waals surface area contributed by atoms with Crippen molar-refractivity contribution < 1.29 is 9.21 Å². The normalized spacial score (nSPS) is 10.5. The van der Waals surface area contributed by atoms with E-state index in [1.807, 2.05) is 12.1 Å². The zero-order chi connectivity index (χ0) is 13.2. The number of H-pyrrole nitrogens is 1. The van der Waals surface area contributed by atoms with Gasteiger partial charge in [0.05, 0.1) is 6.20 Å². The van der Waals surface area contributed by atoms with Gasteiger partial charge in [-0.2, -0.15) is 4.98 Å². The van der Waals surface area contributed by atoms with Crippen LogP contribution < -0.4 is 10.9 Å². The van der Waals surface area contributed by atoms with Gasteiger partial charge >= 0.3 is 6.01 Å². The van der Waals surface area contributed by atoms with E-state index in [9.17, 15) is 9.59 Å². The summed E-state index contributed by atoms with van der Waals surface area (Å²) in [5, 5.41) is 2.47. The number of anilines is 1. The number of nitrogens with zero attached hydrogens (tertiary/aromatic N) is 2. The van der Waals surface area contributed by atoms with Crippen molar-refractivity contribution in [2.24, 2.45) is 0 Å². The molecule has 7 nitrogen and oxygen atoms in total. The molecule has 0 atom stereocenters. The van der Waals surface area contributed by atoms with Crippen LogP contribution in [-0.2, 0) is 0 Å². The molecule has 94 valence electrons. The smallest absolute Gasteiger partial charge is 0.302 e. The number of aromatic amines is 1. The fraction of sp³-hybridized carbons (Fsp3) is 0. The molecule has 7 heteroatoms. The maximum atomic E-state index is 11.8. The molecule has 0 saturated carbocycles. The quantitative estimate of drug-likeness (QED) is 0.716. The van der Waals surface area contributed by atoms with Crippen LogP contribution in [0.2, 0.25) is 0 Å². The van der Waals surface area contributed by atoms with E-state index in [-0.39, 0.29) is 17.3 Å². The van der Waals surface area contributed by atoms with Crippen LogP contribution in [0.15, 0.2) is 45.9 Å². The molecule has 2 N–H and O–H groups in total. The Kier molecular flexibility index (Phi) is 2.57. The van der Waals surface area contributed by atoms with Crippen LogP contribution in [0.3, 0.4) is 0 Å². The molecule has 0 radical (unpaired) electrons. The van der Waals surface area contributed by atoms with Gasteiger partial charge in [0.15, 0.2) is 5.58 Å². The lowest BCUT2D eigenvalue weighted by Crippen LogP contribution is -2.17. The number of aromatic nitrogens is 3. The molecule has 0 aliphatic rings. The van der Waals surface area contributed by atoms with Gasteiger partial charge in [0.2, 0.25) is 0 Å². The van der Waals surface area contributed by atoms with Gasteiger partial charge in [-0.05, 0) is 12.1 Å². The predicted octanol–water partition coefficient (Wildman–Crippen LogP) is 1.16. The van der Waals surface area contributed by atoms with Crippen molar-refractivity contribution >= 4 is 23.0 Å². The number of nitrogens with one attached hydrogen (secondary N) is 2. The average Bonchev–Trinajstić information content (AvgIpc) is 2.81. The molecule has 0 fully saturated rings. The number of rotatable bonds is 2. The van der Waals surface area contributed by atoms with Crippen LogP contribution in [0.1, 0.15) is 10.5 Å². The van der Waals surface area contributed by atoms with Crippen LogP contribution in [0.4, 0.5) is 6.01 Å². The van der Waals surface area contributed by atoms with Crippen LogP contribution in [0.5, 0.6) is 0 Å². The molecular formula is C12H8N4O3. The number of hydrogen-bond donors (Lipinski definition) is 2. The highest BCUT2D eigenvalue weighted by molar-refractivity contribution is 6.01. The van der Waals surface area contributed by atoms with Gasteiger partial charge in [-0.15, -0.1) is 0 Å². The van der Waals surface area contributed by atoms with Gasteiger partial charge in [0.1, 0.15) is 11.2 Å². The van der Waals surface area contributed by atoms with Crippen LogP contribution in [0.25, 0.3) is 11.1 Å². The number of carbonyl (C=O) groups is 1. The summed E-state index contributed by atoms with van der Waals surface area (Å²) >= 11 is 0. The number of benzene rings is 1. The average molecular weight is 256 g/mol. The minimum Gasteiger partial charge on any atom is -0.423 e. The monoisotopic (exact) mass is 256 g/mol. The summed E-state index contributed by atoms with van der Waals surface area (Å²) in [5.74, 6) is -0.511. The van der Waals surface area contributed by atoms with Crippen molar-refractivity contribution in [1.82, 2.24) is 15.0 Å². The Hall–Kier alpha value is -2.96. The zero-order valence-electron chi connectivity index (χ0n) is 9.58. The van der Waals surface area contributed by atoms with E-state index in [2.05, 4.69) is 20.3 Å². The molecule has 2 heterocycles. The first kappa shape index (κ1) is 11.1. The van der Waals surface area contributed by atoms with Crippen LogP contribution in [-0.4, -0.2) is 20.9 Å². The molecule has 19 heavy (non-hydrogen) atoms. The Morgan fingerprint density at radius 1 is 1.32 bits per heavy atom. The van der Waals surface area contributed by atoms with Crippen molar-refractivity contribution in [1.29, 1.82) is 0 Å². The summed E-state index contributed by atoms with van der Waals surface area (Å²) in [5.41, 5.74) is 0.916. The van der Waals surface area contributed by atoms with E-state index in [4.69, 9.17) is 4.42 Å². The zero-order valence-corrected chi connectivity index (χ0v) is 9.58. The number of fused-ring (bicyclic) bond motifs is 1. The van der Waals surface area contributed by atoms with Gasteiger partial charge in [0.25, 0.3) is 11.5 Å². The van der Waals surface area contributed by atoms with Crippen molar-refractivity contribution in [2.45, 2.75) is 0 Å². The Morgan fingerprint density at radius 3 is 2.89 bits per heavy atom. The Morgan fingerprint density at radius 2 is 2.16 bits per heavy atom. The van der Waals surface area contributed by atoms with Crippen molar-refractivity contribution in [3.05, 3.63) is 52.7 Å². The molecule has 0 spiro atoms. The molecule has 3 rings (SSSR count). The second-order valence-corrected chi connectivity index (χ2v) is 3.74. The third-order valence-electron chi connectivity index (χ3n) is 2.42. The first-order valence-corrected chi connectivity index (χ1v) is 5.44. The minimum absolute atomic E-state index is 0.0712. The second-order valence-electron chi connectivity index (χ2n) is 3.74. The highest BCUT2D eigenvalue weighted by atomic mass is 16.4. The summed E-state index contributed by atoms with van der Waals surface area (Å²) in [6.45, 7) is 0. The lowest BCUT2D eigenvalue weighted by molar-refractivity contribution is 0.101. The van der Waals surface area contributed by atoms with E-state index in [1.54, 1.807) is 12.1 Å². The van der Waals surface area contributed by atoms with E-state index >= 15 is 0 Å². The fourth-order valence-electron chi connectivity index (χ4n) is 1.55. The van der Waals surface area contributed by atoms with Crippen molar-refractivity contribution in [3.8, 4) is 0 Å². The Balaban J connectivity index is 1.86. The molecule has 0 saturated heterocycles. The lowest BCUT2D eigenvalue weighted by atomic mass is 10.3. The summed E-state index contributed by atoms with van der Waals surface area (Å²) < 4.78 is 5.34. The van der Waals surface area contributed by atoms with E-state index in [1.165, 1.54) is 6.20 Å². The standard InChI is InChI=1S/C12H8N4O3/c17-10-6-13-8(5-14-10)11(18)16-12-15-7-3-1-2-4-9(7)19-12/h1-6H,(H,14,17)(H,15,16,18). The first-order valence-electron chi connectivity index (χ1n) is 5.44. The summed E-state index contributed by atoms with van der Waals surface area (Å²) in [6.07, 6.45) is 2.25. The number of oxazole rings is 1. The Bertz CT molecular complexity index is 752. The maximum Gasteiger partial charge on any atom is 0.302 e. The van der Waals surface area contributed by atoms with E-state index in [0.29, 0.717) is 11.1 Å². The summed E-state index contributed by atoms with van der Waals surface area (Å²) in [6, 6.07) is 7.23. The molecule has 2 aromatic heterocycles. The van der Waals surface area contributed by atoms with Crippen molar-refractivity contribution in [3.63, 3.8) is 0 Å². The van der Waals surface area contributed by atoms with E-state index < -0.39 is 5.91 Å². The highest BCUT2D eigenvalue weighted by Gasteiger charge is 2.12. The maximum absolute atomic E-state index is 11.8.